The van der Waals surface area contributed by atoms with Crippen LogP contribution in [-0.4, -0.2) is 48.1 Å². The van der Waals surface area contributed by atoms with Gasteiger partial charge in [-0.1, -0.05) is 18.2 Å². The molecular weight excluding hydrogens is 288 g/mol. The molecule has 2 rings (SSSR count). The largest absolute Gasteiger partial charge is 0.384 e. The molecule has 5 nitrogen and oxygen atoms in total. The maximum Gasteiger partial charge on any atom is 0.384 e. The van der Waals surface area contributed by atoms with Crippen molar-refractivity contribution in [3.05, 3.63) is 29.3 Å². The Morgan fingerprint density at radius 3 is 2.35 bits per heavy atom. The molecule has 0 unspecified atom stereocenters. The van der Waals surface area contributed by atoms with Crippen LogP contribution in [0.3, 0.4) is 0 Å². The van der Waals surface area contributed by atoms with Crippen molar-refractivity contribution in [2.24, 2.45) is 0 Å². The molecule has 2 amide bonds. The molecule has 2 N–H and O–H groups in total. The maximum absolute atomic E-state index is 12.5. The first-order chi connectivity index (χ1) is 11.0. The van der Waals surface area contributed by atoms with Gasteiger partial charge >= 0.3 is 12.0 Å². The highest BCUT2D eigenvalue weighted by molar-refractivity contribution is 6.01. The van der Waals surface area contributed by atoms with Crippen molar-refractivity contribution in [1.29, 1.82) is 0 Å². The summed E-state index contributed by atoms with van der Waals surface area (Å²) >= 11 is 0. The standard InChI is InChI=1S/C18H28N4O/c1-5-21(4)18(22-12-7-6-8-13-22)20-17(23)19-16-14(2)10-9-11-15(16)3/h9-11H,5-8,12-13H2,1-4H3,(H,19,23)/p+1. The highest BCUT2D eigenvalue weighted by Gasteiger charge is 2.23. The van der Waals surface area contributed by atoms with Crippen LogP contribution in [0.5, 0.6) is 0 Å². The van der Waals surface area contributed by atoms with Crippen LogP contribution in [-0.2, 0) is 0 Å². The highest BCUT2D eigenvalue weighted by Crippen LogP contribution is 2.19. The summed E-state index contributed by atoms with van der Waals surface area (Å²) in [6.45, 7) is 8.98. The Hall–Kier alpha value is -2.04. The van der Waals surface area contributed by atoms with Gasteiger partial charge in [-0.05, 0) is 51.2 Å². The lowest BCUT2D eigenvalue weighted by atomic mass is 10.1. The van der Waals surface area contributed by atoms with E-state index in [0.717, 1.165) is 42.4 Å². The van der Waals surface area contributed by atoms with Gasteiger partial charge in [-0.15, -0.1) is 0 Å². The summed E-state index contributed by atoms with van der Waals surface area (Å²) in [5.74, 6) is 0.899. The van der Waals surface area contributed by atoms with Crippen LogP contribution >= 0.6 is 0 Å². The molecule has 0 atom stereocenters. The van der Waals surface area contributed by atoms with Crippen molar-refractivity contribution in [3.63, 3.8) is 0 Å². The van der Waals surface area contributed by atoms with E-state index in [1.54, 1.807) is 0 Å². The Kier molecular flexibility index (Phi) is 6.02. The maximum atomic E-state index is 12.5. The SMILES string of the molecule is CCN(C)C(NC(=O)Nc1c(C)cccc1C)=[N+]1CCCCC1. The van der Waals surface area contributed by atoms with E-state index in [9.17, 15) is 4.79 Å². The fourth-order valence-corrected chi connectivity index (χ4v) is 2.93. The average Bonchev–Trinajstić information content (AvgIpc) is 2.56. The Morgan fingerprint density at radius 2 is 1.78 bits per heavy atom. The summed E-state index contributed by atoms with van der Waals surface area (Å²) in [6, 6.07) is 5.85. The first-order valence-corrected chi connectivity index (χ1v) is 8.50. The summed E-state index contributed by atoms with van der Waals surface area (Å²) in [4.78, 5) is 14.6. The van der Waals surface area contributed by atoms with Gasteiger partial charge in [0.2, 0.25) is 0 Å². The first kappa shape index (κ1) is 17.3. The molecule has 23 heavy (non-hydrogen) atoms. The van der Waals surface area contributed by atoms with E-state index in [4.69, 9.17) is 0 Å². The number of nitrogens with zero attached hydrogens (tertiary/aromatic N) is 2. The number of urea groups is 1. The minimum atomic E-state index is -0.178. The molecule has 1 fully saturated rings. The van der Waals surface area contributed by atoms with Crippen LogP contribution in [0.4, 0.5) is 10.5 Å². The molecule has 0 bridgehead atoms. The van der Waals surface area contributed by atoms with E-state index < -0.39 is 0 Å². The zero-order chi connectivity index (χ0) is 16.8. The number of anilines is 1. The third-order valence-corrected chi connectivity index (χ3v) is 4.44. The van der Waals surface area contributed by atoms with Crippen molar-refractivity contribution in [2.45, 2.75) is 40.0 Å². The normalized spacial score (nSPS) is 14.3. The third-order valence-electron chi connectivity index (χ3n) is 4.44. The van der Waals surface area contributed by atoms with E-state index in [0.29, 0.717) is 0 Å². The predicted molar refractivity (Wildman–Crippen MR) is 95.2 cm³/mol. The van der Waals surface area contributed by atoms with Gasteiger partial charge in [-0.2, -0.15) is 5.32 Å². The minimum Gasteiger partial charge on any atom is -0.294 e. The smallest absolute Gasteiger partial charge is 0.294 e. The molecule has 1 aliphatic rings. The minimum absolute atomic E-state index is 0.178. The van der Waals surface area contributed by atoms with Crippen molar-refractivity contribution in [1.82, 2.24) is 10.2 Å². The summed E-state index contributed by atoms with van der Waals surface area (Å²) < 4.78 is 2.28. The fourth-order valence-electron chi connectivity index (χ4n) is 2.93. The number of amides is 2. The van der Waals surface area contributed by atoms with Crippen LogP contribution in [0, 0.1) is 13.8 Å². The van der Waals surface area contributed by atoms with Gasteiger partial charge in [0.15, 0.2) is 0 Å². The monoisotopic (exact) mass is 317 g/mol. The van der Waals surface area contributed by atoms with Gasteiger partial charge in [0.25, 0.3) is 0 Å². The quantitative estimate of drug-likeness (QED) is 0.651. The Balaban J connectivity index is 2.15. The van der Waals surface area contributed by atoms with Gasteiger partial charge in [0.1, 0.15) is 0 Å². The van der Waals surface area contributed by atoms with Crippen LogP contribution in [0.25, 0.3) is 0 Å². The van der Waals surface area contributed by atoms with Crippen LogP contribution in [0.1, 0.15) is 37.3 Å². The molecule has 1 aromatic rings. The molecule has 1 saturated heterocycles. The number of benzene rings is 1. The fraction of sp³-hybridized carbons (Fsp3) is 0.556. The summed E-state index contributed by atoms with van der Waals surface area (Å²) in [6.07, 6.45) is 3.64. The predicted octanol–water partition coefficient (Wildman–Crippen LogP) is 2.93. The Labute approximate surface area is 139 Å². The number of para-hydroxylation sites is 1. The number of carbonyl (C=O) groups excluding carboxylic acids is 1. The third kappa shape index (κ3) is 4.47. The van der Waals surface area contributed by atoms with E-state index in [2.05, 4.69) is 27.0 Å². The summed E-state index contributed by atoms with van der Waals surface area (Å²) in [7, 11) is 2.02. The summed E-state index contributed by atoms with van der Waals surface area (Å²) in [5.41, 5.74) is 3.04. The molecule has 1 aromatic carbocycles. The molecule has 1 aliphatic heterocycles. The number of carbonyl (C=O) groups is 1. The Morgan fingerprint density at radius 1 is 1.17 bits per heavy atom. The molecule has 0 spiro atoms. The second-order valence-electron chi connectivity index (χ2n) is 6.23. The molecule has 0 radical (unpaired) electrons. The van der Waals surface area contributed by atoms with Gasteiger partial charge in [-0.25, -0.2) is 4.79 Å². The second kappa shape index (κ2) is 7.99. The van der Waals surface area contributed by atoms with Crippen molar-refractivity contribution in [3.8, 4) is 0 Å². The Bertz CT molecular complexity index is 566. The zero-order valence-corrected chi connectivity index (χ0v) is 14.8. The summed E-state index contributed by atoms with van der Waals surface area (Å²) in [5, 5.41) is 6.06. The second-order valence-corrected chi connectivity index (χ2v) is 6.23. The van der Waals surface area contributed by atoms with E-state index >= 15 is 0 Å². The number of rotatable bonds is 2. The number of aryl methyl sites for hydroxylation is 2. The topological polar surface area (TPSA) is 47.4 Å². The van der Waals surface area contributed by atoms with E-state index in [-0.39, 0.29) is 6.03 Å². The molecule has 0 saturated carbocycles. The van der Waals surface area contributed by atoms with Gasteiger partial charge in [-0.3, -0.25) is 14.8 Å². The van der Waals surface area contributed by atoms with Crippen LogP contribution in [0.15, 0.2) is 18.2 Å². The van der Waals surface area contributed by atoms with Gasteiger partial charge < -0.3 is 0 Å². The molecular formula is C18H29N4O+. The molecule has 5 heteroatoms. The molecule has 0 aliphatic carbocycles. The zero-order valence-electron chi connectivity index (χ0n) is 14.8. The molecule has 0 aromatic heterocycles. The highest BCUT2D eigenvalue weighted by atomic mass is 16.2. The van der Waals surface area contributed by atoms with Crippen molar-refractivity contribution >= 4 is 17.7 Å². The number of piperidine rings is 1. The number of hydrogen-bond acceptors (Lipinski definition) is 1. The van der Waals surface area contributed by atoms with E-state index in [1.165, 1.54) is 19.3 Å². The lowest BCUT2D eigenvalue weighted by Crippen LogP contribution is -2.50. The number of hydrogen-bond donors (Lipinski definition) is 2. The lowest BCUT2D eigenvalue weighted by molar-refractivity contribution is -0.543. The van der Waals surface area contributed by atoms with E-state index in [1.807, 2.05) is 39.1 Å². The van der Waals surface area contributed by atoms with Crippen molar-refractivity contribution in [2.75, 3.05) is 32.0 Å². The number of guanidine groups is 1. The van der Waals surface area contributed by atoms with Gasteiger partial charge in [0, 0.05) is 5.69 Å². The first-order valence-electron chi connectivity index (χ1n) is 8.50. The van der Waals surface area contributed by atoms with Crippen molar-refractivity contribution < 1.29 is 9.37 Å². The van der Waals surface area contributed by atoms with Gasteiger partial charge in [0.05, 0.1) is 26.7 Å². The molecule has 126 valence electrons. The number of nitrogens with one attached hydrogen (secondary N) is 2. The molecule has 1 heterocycles. The van der Waals surface area contributed by atoms with Crippen LogP contribution in [0.2, 0.25) is 0 Å². The lowest BCUT2D eigenvalue weighted by Gasteiger charge is -2.22. The average molecular weight is 317 g/mol. The van der Waals surface area contributed by atoms with Crippen LogP contribution < -0.4 is 10.6 Å².